The molecule has 0 saturated heterocycles. The minimum Gasteiger partial charge on any atom is -0.319 e. The molecular formula is C9H13Cl2N. The molecule has 1 nitrogen and oxygen atoms in total. The molecule has 0 spiro atoms. The molecule has 1 aromatic rings. The van der Waals surface area contributed by atoms with Gasteiger partial charge in [-0.1, -0.05) is 29.8 Å². The molecule has 0 atom stereocenters. The number of nitrogens with one attached hydrogen (secondary N) is 1. The summed E-state index contributed by atoms with van der Waals surface area (Å²) in [6.07, 6.45) is 0.996. The molecule has 0 aliphatic rings. The van der Waals surface area contributed by atoms with Gasteiger partial charge in [0.25, 0.3) is 0 Å². The molecule has 0 bridgehead atoms. The number of halogens is 2. The van der Waals surface area contributed by atoms with Gasteiger partial charge in [0.1, 0.15) is 0 Å². The van der Waals surface area contributed by atoms with Crippen LogP contribution in [0, 0.1) is 0 Å². The largest absolute Gasteiger partial charge is 0.319 e. The van der Waals surface area contributed by atoms with Crippen LogP contribution in [-0.4, -0.2) is 13.6 Å². The van der Waals surface area contributed by atoms with Crippen molar-refractivity contribution in [1.82, 2.24) is 5.32 Å². The van der Waals surface area contributed by atoms with Crippen LogP contribution in [0.15, 0.2) is 24.3 Å². The highest BCUT2D eigenvalue weighted by atomic mass is 35.5. The minimum atomic E-state index is 0. The first kappa shape index (κ1) is 11.8. The lowest BCUT2D eigenvalue weighted by Gasteiger charge is -2.01. The molecule has 1 N–H and O–H groups in total. The molecule has 1 aromatic carbocycles. The van der Waals surface area contributed by atoms with Crippen molar-refractivity contribution in [2.45, 2.75) is 6.42 Å². The zero-order valence-corrected chi connectivity index (χ0v) is 8.58. The van der Waals surface area contributed by atoms with Crippen LogP contribution in [0.2, 0.25) is 5.02 Å². The Hall–Kier alpha value is -0.240. The highest BCUT2D eigenvalue weighted by molar-refractivity contribution is 6.31. The van der Waals surface area contributed by atoms with E-state index in [1.54, 1.807) is 0 Å². The second-order valence-corrected chi connectivity index (χ2v) is 2.85. The molecule has 68 valence electrons. The Morgan fingerprint density at radius 2 is 2.00 bits per heavy atom. The Morgan fingerprint density at radius 1 is 1.33 bits per heavy atom. The van der Waals surface area contributed by atoms with E-state index in [0.29, 0.717) is 0 Å². The SMILES string of the molecule is CNCCc1ccccc1Cl.Cl. The number of likely N-dealkylation sites (N-methyl/N-ethyl adjacent to an activating group) is 1. The smallest absolute Gasteiger partial charge is 0.0438 e. The van der Waals surface area contributed by atoms with E-state index >= 15 is 0 Å². The van der Waals surface area contributed by atoms with E-state index in [2.05, 4.69) is 11.4 Å². The molecule has 3 heteroatoms. The third-order valence-electron chi connectivity index (χ3n) is 1.60. The lowest BCUT2D eigenvalue weighted by atomic mass is 10.1. The molecule has 0 aliphatic carbocycles. The van der Waals surface area contributed by atoms with Gasteiger partial charge in [-0.3, -0.25) is 0 Å². The van der Waals surface area contributed by atoms with Crippen LogP contribution in [0.1, 0.15) is 5.56 Å². The van der Waals surface area contributed by atoms with Gasteiger partial charge < -0.3 is 5.32 Å². The molecule has 0 heterocycles. The van der Waals surface area contributed by atoms with Crippen molar-refractivity contribution in [3.05, 3.63) is 34.9 Å². The molecule has 0 unspecified atom stereocenters. The predicted octanol–water partition coefficient (Wildman–Crippen LogP) is 2.52. The Morgan fingerprint density at radius 3 is 2.58 bits per heavy atom. The van der Waals surface area contributed by atoms with Gasteiger partial charge in [-0.15, -0.1) is 12.4 Å². The van der Waals surface area contributed by atoms with Crippen molar-refractivity contribution in [3.63, 3.8) is 0 Å². The van der Waals surface area contributed by atoms with Gasteiger partial charge in [0.05, 0.1) is 0 Å². The summed E-state index contributed by atoms with van der Waals surface area (Å²) in [6.45, 7) is 0.976. The summed E-state index contributed by atoms with van der Waals surface area (Å²) in [4.78, 5) is 0. The average molecular weight is 206 g/mol. The van der Waals surface area contributed by atoms with Crippen LogP contribution in [-0.2, 0) is 6.42 Å². The maximum absolute atomic E-state index is 5.93. The van der Waals surface area contributed by atoms with Crippen LogP contribution in [0.3, 0.4) is 0 Å². The predicted molar refractivity (Wildman–Crippen MR) is 56.3 cm³/mol. The normalized spacial score (nSPS) is 9.17. The fourth-order valence-corrected chi connectivity index (χ4v) is 1.19. The standard InChI is InChI=1S/C9H12ClN.ClH/c1-11-7-6-8-4-2-3-5-9(8)10;/h2-5,11H,6-7H2,1H3;1H. The van der Waals surface area contributed by atoms with Gasteiger partial charge in [0.2, 0.25) is 0 Å². The molecule has 0 aliphatic heterocycles. The zero-order chi connectivity index (χ0) is 8.10. The van der Waals surface area contributed by atoms with Crippen LogP contribution >= 0.6 is 24.0 Å². The van der Waals surface area contributed by atoms with E-state index in [4.69, 9.17) is 11.6 Å². The van der Waals surface area contributed by atoms with Crippen molar-refractivity contribution < 1.29 is 0 Å². The van der Waals surface area contributed by atoms with Gasteiger partial charge in [-0.2, -0.15) is 0 Å². The molecule has 0 radical (unpaired) electrons. The first-order chi connectivity index (χ1) is 5.34. The van der Waals surface area contributed by atoms with E-state index in [1.807, 2.05) is 25.2 Å². The maximum Gasteiger partial charge on any atom is 0.0438 e. The monoisotopic (exact) mass is 205 g/mol. The summed E-state index contributed by atoms with van der Waals surface area (Å²) >= 11 is 5.93. The minimum absolute atomic E-state index is 0. The molecule has 12 heavy (non-hydrogen) atoms. The van der Waals surface area contributed by atoms with Gasteiger partial charge >= 0.3 is 0 Å². The second kappa shape index (κ2) is 6.30. The van der Waals surface area contributed by atoms with Crippen molar-refractivity contribution in [3.8, 4) is 0 Å². The van der Waals surface area contributed by atoms with Gasteiger partial charge in [0.15, 0.2) is 0 Å². The van der Waals surface area contributed by atoms with E-state index in [0.717, 1.165) is 18.0 Å². The van der Waals surface area contributed by atoms with Crippen molar-refractivity contribution >= 4 is 24.0 Å². The summed E-state index contributed by atoms with van der Waals surface area (Å²) in [6, 6.07) is 7.94. The van der Waals surface area contributed by atoms with Gasteiger partial charge in [0, 0.05) is 5.02 Å². The van der Waals surface area contributed by atoms with Crippen LogP contribution in [0.25, 0.3) is 0 Å². The Balaban J connectivity index is 0.00000121. The molecule has 0 aromatic heterocycles. The quantitative estimate of drug-likeness (QED) is 0.801. The third kappa shape index (κ3) is 3.44. The summed E-state index contributed by atoms with van der Waals surface area (Å²) in [5, 5.41) is 3.95. The molecule has 1 rings (SSSR count). The molecule has 0 amide bonds. The van der Waals surface area contributed by atoms with E-state index in [1.165, 1.54) is 5.56 Å². The van der Waals surface area contributed by atoms with Gasteiger partial charge in [-0.05, 0) is 31.6 Å². The van der Waals surface area contributed by atoms with Gasteiger partial charge in [-0.25, -0.2) is 0 Å². The number of rotatable bonds is 3. The van der Waals surface area contributed by atoms with Crippen LogP contribution in [0.4, 0.5) is 0 Å². The van der Waals surface area contributed by atoms with E-state index < -0.39 is 0 Å². The lowest BCUT2D eigenvalue weighted by molar-refractivity contribution is 0.792. The number of hydrogen-bond acceptors (Lipinski definition) is 1. The Labute approximate surface area is 84.5 Å². The summed E-state index contributed by atoms with van der Waals surface area (Å²) in [5.41, 5.74) is 1.21. The maximum atomic E-state index is 5.93. The summed E-state index contributed by atoms with van der Waals surface area (Å²) < 4.78 is 0. The molecule has 0 fully saturated rings. The van der Waals surface area contributed by atoms with Crippen molar-refractivity contribution in [2.24, 2.45) is 0 Å². The van der Waals surface area contributed by atoms with Crippen molar-refractivity contribution in [1.29, 1.82) is 0 Å². The third-order valence-corrected chi connectivity index (χ3v) is 1.97. The van der Waals surface area contributed by atoms with E-state index in [-0.39, 0.29) is 12.4 Å². The molecule has 0 saturated carbocycles. The number of hydrogen-bond donors (Lipinski definition) is 1. The fraction of sp³-hybridized carbons (Fsp3) is 0.333. The van der Waals surface area contributed by atoms with E-state index in [9.17, 15) is 0 Å². The molecular weight excluding hydrogens is 193 g/mol. The summed E-state index contributed by atoms with van der Waals surface area (Å²) in [5.74, 6) is 0. The van der Waals surface area contributed by atoms with Crippen molar-refractivity contribution in [2.75, 3.05) is 13.6 Å². The number of benzene rings is 1. The second-order valence-electron chi connectivity index (χ2n) is 2.44. The average Bonchev–Trinajstić information content (AvgIpc) is 2.03. The highest BCUT2D eigenvalue weighted by Crippen LogP contribution is 2.14. The highest BCUT2D eigenvalue weighted by Gasteiger charge is 1.95. The summed E-state index contributed by atoms with van der Waals surface area (Å²) in [7, 11) is 1.94. The first-order valence-corrected chi connectivity index (χ1v) is 4.10. The lowest BCUT2D eigenvalue weighted by Crippen LogP contribution is -2.10. The first-order valence-electron chi connectivity index (χ1n) is 3.72. The topological polar surface area (TPSA) is 12.0 Å². The Kier molecular flexibility index (Phi) is 6.17. The Bertz CT molecular complexity index is 226. The fourth-order valence-electron chi connectivity index (χ4n) is 0.961. The van der Waals surface area contributed by atoms with Crippen LogP contribution < -0.4 is 5.32 Å². The van der Waals surface area contributed by atoms with Crippen LogP contribution in [0.5, 0.6) is 0 Å². The zero-order valence-electron chi connectivity index (χ0n) is 7.01.